The van der Waals surface area contributed by atoms with Crippen molar-refractivity contribution in [3.8, 4) is 11.5 Å². The number of Topliss-reactive ketones (excluding diaryl/α,β-unsaturated/α-hetero) is 2. The van der Waals surface area contributed by atoms with E-state index in [1.807, 2.05) is 0 Å². The molecule has 0 radical (unpaired) electrons. The van der Waals surface area contributed by atoms with Gasteiger partial charge in [0.15, 0.2) is 23.1 Å². The number of halogens is 4. The van der Waals surface area contributed by atoms with Gasteiger partial charge >= 0.3 is 0 Å². The van der Waals surface area contributed by atoms with Gasteiger partial charge in [-0.05, 0) is 87.4 Å². The molecule has 0 aromatic heterocycles. The van der Waals surface area contributed by atoms with Crippen LogP contribution in [0.5, 0.6) is 11.5 Å². The number of benzene rings is 5. The monoisotopic (exact) mass is 974 g/mol. The van der Waals surface area contributed by atoms with Crippen molar-refractivity contribution in [2.45, 2.75) is 51.5 Å². The number of para-hydroxylation sites is 2. The van der Waals surface area contributed by atoms with Crippen molar-refractivity contribution in [3.05, 3.63) is 129 Å². The van der Waals surface area contributed by atoms with Crippen molar-refractivity contribution < 1.29 is 38.2 Å². The van der Waals surface area contributed by atoms with Gasteiger partial charge in [-0.2, -0.15) is 20.5 Å². The van der Waals surface area contributed by atoms with E-state index in [1.54, 1.807) is 62.4 Å². The largest absolute Gasteiger partial charge is 0.488 e. The molecule has 0 aliphatic heterocycles. The summed E-state index contributed by atoms with van der Waals surface area (Å²) >= 11 is 25.2. The summed E-state index contributed by atoms with van der Waals surface area (Å²) in [5.74, 6) is -4.02. The van der Waals surface area contributed by atoms with Crippen molar-refractivity contribution in [2.75, 3.05) is 34.5 Å². The maximum Gasteiger partial charge on any atom is 0.258 e. The number of amides is 4. The van der Waals surface area contributed by atoms with Crippen LogP contribution in [-0.4, -0.2) is 60.5 Å². The lowest BCUT2D eigenvalue weighted by atomic mass is 10.1. The first-order valence-corrected chi connectivity index (χ1v) is 21.9. The zero-order valence-corrected chi connectivity index (χ0v) is 38.8. The summed E-state index contributed by atoms with van der Waals surface area (Å²) in [6, 6.07) is 22.2. The van der Waals surface area contributed by atoms with Gasteiger partial charge in [-0.1, -0.05) is 71.7 Å². The van der Waals surface area contributed by atoms with Gasteiger partial charge in [-0.3, -0.25) is 28.8 Å². The van der Waals surface area contributed by atoms with Crippen molar-refractivity contribution in [1.29, 1.82) is 0 Å². The van der Waals surface area contributed by atoms with Gasteiger partial charge in [0, 0.05) is 23.1 Å². The molecule has 4 N–H and O–H groups in total. The minimum atomic E-state index is -1.68. The molecule has 5 aromatic rings. The van der Waals surface area contributed by atoms with E-state index in [0.29, 0.717) is 22.5 Å². The topological polar surface area (TPSA) is 218 Å². The van der Waals surface area contributed by atoms with Gasteiger partial charge in [-0.15, -0.1) is 23.2 Å². The fourth-order valence-electron chi connectivity index (χ4n) is 6.06. The van der Waals surface area contributed by atoms with Crippen molar-refractivity contribution in [3.63, 3.8) is 0 Å². The highest BCUT2D eigenvalue weighted by Gasteiger charge is 2.29. The standard InChI is InChI=1S/C46H42Cl4N8O8/c1-5-65-41-35(53-45(63)39(25(3)59)57-55-33-19-11-15-29(37(33)49)43(61)51-31-17-9-7-13-27(31)23-47)21-22-36(42(41)66-6-2)54-46(64)40(26(4)60)58-56-34-20-12-16-30(38(34)50)44(62)52-32-18-10-8-14-28(32)24-48/h7-22,39-40H,5-6,23-24H2,1-4H3,(H,51,61)(H,52,62)(H,53,63)(H,54,64). The van der Waals surface area contributed by atoms with E-state index in [9.17, 15) is 28.8 Å². The van der Waals surface area contributed by atoms with Crippen LogP contribution in [-0.2, 0) is 30.9 Å². The molecule has 0 aliphatic rings. The van der Waals surface area contributed by atoms with Crippen molar-refractivity contribution in [1.82, 2.24) is 0 Å². The molecular weight excluding hydrogens is 934 g/mol. The maximum atomic E-state index is 13.7. The van der Waals surface area contributed by atoms with Gasteiger partial charge in [0.05, 0.1) is 45.8 Å². The highest BCUT2D eigenvalue weighted by molar-refractivity contribution is 6.37. The first kappa shape index (κ1) is 50.3. The van der Waals surface area contributed by atoms with E-state index in [1.165, 1.54) is 48.5 Å². The predicted molar refractivity (Wildman–Crippen MR) is 255 cm³/mol. The number of hydrogen-bond donors (Lipinski definition) is 4. The summed E-state index contributed by atoms with van der Waals surface area (Å²) in [4.78, 5) is 79.3. The number of rotatable bonds is 20. The van der Waals surface area contributed by atoms with Gasteiger partial charge < -0.3 is 30.7 Å². The highest BCUT2D eigenvalue weighted by Crippen LogP contribution is 2.42. The van der Waals surface area contributed by atoms with Crippen LogP contribution in [0.1, 0.15) is 59.5 Å². The molecule has 0 aliphatic carbocycles. The Bertz CT molecular complexity index is 2530. The van der Waals surface area contributed by atoms with Crippen LogP contribution in [0.2, 0.25) is 10.0 Å². The van der Waals surface area contributed by atoms with E-state index in [4.69, 9.17) is 55.9 Å². The highest BCUT2D eigenvalue weighted by atomic mass is 35.5. The van der Waals surface area contributed by atoms with Gasteiger partial charge in [0.2, 0.25) is 12.1 Å². The number of carbonyl (C=O) groups excluding carboxylic acids is 6. The second-order valence-electron chi connectivity index (χ2n) is 13.9. The molecule has 342 valence electrons. The van der Waals surface area contributed by atoms with Crippen LogP contribution in [0.15, 0.2) is 118 Å². The summed E-state index contributed by atoms with van der Waals surface area (Å²) in [6.45, 7) is 5.76. The number of anilines is 4. The van der Waals surface area contributed by atoms with Crippen LogP contribution >= 0.6 is 46.4 Å². The maximum absolute atomic E-state index is 13.7. The average molecular weight is 977 g/mol. The third-order valence-corrected chi connectivity index (χ3v) is 10.7. The minimum Gasteiger partial charge on any atom is -0.488 e. The summed E-state index contributed by atoms with van der Waals surface area (Å²) < 4.78 is 11.7. The molecule has 5 rings (SSSR count). The minimum absolute atomic E-state index is 0.00970. The number of ether oxygens (including phenoxy) is 2. The Morgan fingerprint density at radius 1 is 0.515 bits per heavy atom. The smallest absolute Gasteiger partial charge is 0.258 e. The second kappa shape index (κ2) is 24.0. The Morgan fingerprint density at radius 2 is 0.894 bits per heavy atom. The van der Waals surface area contributed by atoms with Crippen LogP contribution in [0.4, 0.5) is 34.1 Å². The van der Waals surface area contributed by atoms with E-state index in [0.717, 1.165) is 13.8 Å². The van der Waals surface area contributed by atoms with Gasteiger partial charge in [-0.25, -0.2) is 0 Å². The van der Waals surface area contributed by atoms with Crippen LogP contribution < -0.4 is 30.7 Å². The molecule has 20 heteroatoms. The third-order valence-electron chi connectivity index (χ3n) is 9.30. The number of ketones is 2. The molecule has 0 saturated heterocycles. The zero-order chi connectivity index (χ0) is 47.9. The molecular formula is C46H42Cl4N8O8. The average Bonchev–Trinajstić information content (AvgIpc) is 3.29. The zero-order valence-electron chi connectivity index (χ0n) is 35.8. The van der Waals surface area contributed by atoms with Crippen LogP contribution in [0.3, 0.4) is 0 Å². The molecule has 2 unspecified atom stereocenters. The van der Waals surface area contributed by atoms with Crippen LogP contribution in [0.25, 0.3) is 0 Å². The fraction of sp³-hybridized carbons (Fsp3) is 0.217. The van der Waals surface area contributed by atoms with E-state index < -0.39 is 47.3 Å². The van der Waals surface area contributed by atoms with E-state index in [2.05, 4.69) is 41.7 Å². The molecule has 16 nitrogen and oxygen atoms in total. The Balaban J connectivity index is 1.35. The number of azo groups is 2. The molecule has 0 spiro atoms. The summed E-state index contributed by atoms with van der Waals surface area (Å²) in [5, 5.41) is 26.7. The van der Waals surface area contributed by atoms with Crippen molar-refractivity contribution in [2.24, 2.45) is 20.5 Å². The molecule has 0 saturated carbocycles. The molecule has 2 atom stereocenters. The molecule has 5 aromatic carbocycles. The normalized spacial score (nSPS) is 12.0. The first-order valence-electron chi connectivity index (χ1n) is 20.1. The van der Waals surface area contributed by atoms with Crippen LogP contribution in [0, 0.1) is 0 Å². The molecule has 66 heavy (non-hydrogen) atoms. The fourth-order valence-corrected chi connectivity index (χ4v) is 7.02. The predicted octanol–water partition coefficient (Wildman–Crippen LogP) is 11.1. The lowest BCUT2D eigenvalue weighted by Crippen LogP contribution is -2.32. The molecule has 0 fully saturated rings. The Hall–Kier alpha value is -6.72. The van der Waals surface area contributed by atoms with E-state index >= 15 is 0 Å². The third kappa shape index (κ3) is 12.5. The number of hydrogen-bond acceptors (Lipinski definition) is 12. The lowest BCUT2D eigenvalue weighted by Gasteiger charge is -2.20. The Morgan fingerprint density at radius 3 is 1.24 bits per heavy atom. The first-order chi connectivity index (χ1) is 31.7. The summed E-state index contributed by atoms with van der Waals surface area (Å²) in [7, 11) is 0. The van der Waals surface area contributed by atoms with Crippen molar-refractivity contribution >= 4 is 116 Å². The van der Waals surface area contributed by atoms with E-state index in [-0.39, 0.29) is 80.4 Å². The lowest BCUT2D eigenvalue weighted by molar-refractivity contribution is -0.127. The Kier molecular flexibility index (Phi) is 18.3. The number of nitrogens with zero attached hydrogens (tertiary/aromatic N) is 4. The quantitative estimate of drug-likeness (QED) is 0.0333. The summed E-state index contributed by atoms with van der Waals surface area (Å²) in [5.41, 5.74) is 2.56. The SMILES string of the molecule is CCOc1c(NC(=O)C(N=Nc2cccc(C(=O)Nc3ccccc3CCl)c2Cl)C(C)=O)ccc(NC(=O)C(N=Nc2cccc(C(=O)Nc3ccccc3CCl)c2Cl)C(C)=O)c1OCC. The van der Waals surface area contributed by atoms with Gasteiger partial charge in [0.1, 0.15) is 11.4 Å². The second-order valence-corrected chi connectivity index (χ2v) is 15.2. The molecule has 0 bridgehead atoms. The van der Waals surface area contributed by atoms with Gasteiger partial charge in [0.25, 0.3) is 23.6 Å². The Labute approximate surface area is 399 Å². The number of nitrogens with one attached hydrogen (secondary N) is 4. The molecule has 4 amide bonds. The number of carbonyl (C=O) groups is 6. The summed E-state index contributed by atoms with van der Waals surface area (Å²) in [6.07, 6.45) is 0. The molecule has 0 heterocycles. The number of alkyl halides is 2.